The van der Waals surface area contributed by atoms with E-state index in [2.05, 4.69) is 58.1 Å². The van der Waals surface area contributed by atoms with E-state index in [-0.39, 0.29) is 51.9 Å². The molecule has 1 radical (unpaired) electrons. The summed E-state index contributed by atoms with van der Waals surface area (Å²) in [5, 5.41) is 0. The summed E-state index contributed by atoms with van der Waals surface area (Å²) in [6.45, 7) is 9.52. The van der Waals surface area contributed by atoms with Crippen molar-refractivity contribution in [3.8, 4) is 0 Å². The van der Waals surface area contributed by atoms with Gasteiger partial charge in [-0.1, -0.05) is 52.3 Å². The third kappa shape index (κ3) is 6.73. The van der Waals surface area contributed by atoms with Crippen molar-refractivity contribution < 1.29 is 56.0 Å². The molecule has 0 fully saturated rings. The number of hydrogen-bond acceptors (Lipinski definition) is 2. The van der Waals surface area contributed by atoms with E-state index in [0.717, 1.165) is 38.0 Å². The van der Waals surface area contributed by atoms with Crippen molar-refractivity contribution in [2.45, 2.75) is 59.2 Å². The molecule has 0 amide bonds. The van der Waals surface area contributed by atoms with Crippen LogP contribution in [-0.4, -0.2) is 12.4 Å². The van der Waals surface area contributed by atoms with Crippen LogP contribution in [0.4, 0.5) is 0 Å². The summed E-state index contributed by atoms with van der Waals surface area (Å²) < 4.78 is 12.6. The van der Waals surface area contributed by atoms with Crippen LogP contribution in [0, 0.1) is 11.5 Å². The van der Waals surface area contributed by atoms with Gasteiger partial charge >= 0.3 is 21.7 Å². The first-order valence-corrected chi connectivity index (χ1v) is 7.96. The molecule has 0 N–H and O–H groups in total. The van der Waals surface area contributed by atoms with E-state index in [1.807, 2.05) is 6.08 Å². The van der Waals surface area contributed by atoms with Gasteiger partial charge in [0.25, 0.3) is 0 Å². The van der Waals surface area contributed by atoms with Crippen molar-refractivity contribution >= 4 is 0 Å². The largest absolute Gasteiger partial charge is 3.00 e. The van der Waals surface area contributed by atoms with Crippen LogP contribution in [0.25, 0.3) is 0 Å². The first-order chi connectivity index (χ1) is 9.98. The summed E-state index contributed by atoms with van der Waals surface area (Å²) in [6.07, 6.45) is 17.4. The molecule has 2 aliphatic carbocycles. The summed E-state index contributed by atoms with van der Waals surface area (Å²) in [5.41, 5.74) is 1.20. The van der Waals surface area contributed by atoms with E-state index in [0.29, 0.717) is 0 Å². The standard InChI is InChI=1S/C19H27O2.2ClH.Ti/c1-5-6-15-20-19(21-16-11-7-8-12-16)14-10-9-13-17(19)18(2,3)4;;;/h7,9-11,13H,5-6,8,14-15H2,1-4H3;2*1H;/q-1;;;+3/p-2. The average Bonchev–Trinajstić information content (AvgIpc) is 2.91. The SMILES string of the molecule is CCCCOC1(OC2=[C-]CC=C2)CC=CC=C1C(C)(C)C.[Cl-].[Cl-].[Ti+3]. The molecule has 2 rings (SSSR count). The van der Waals surface area contributed by atoms with Gasteiger partial charge < -0.3 is 34.3 Å². The maximum Gasteiger partial charge on any atom is 3.00 e. The van der Waals surface area contributed by atoms with E-state index >= 15 is 0 Å². The van der Waals surface area contributed by atoms with Gasteiger partial charge in [-0.3, -0.25) is 0 Å². The molecule has 133 valence electrons. The molecule has 0 heterocycles. The third-order valence-corrected chi connectivity index (χ3v) is 3.78. The number of halogens is 2. The Morgan fingerprint density at radius 1 is 1.21 bits per heavy atom. The Kier molecular flexibility index (Phi) is 12.7. The molecule has 0 spiro atoms. The minimum Gasteiger partial charge on any atom is -1.00 e. The van der Waals surface area contributed by atoms with Gasteiger partial charge in [-0.25, -0.2) is 6.08 Å². The normalized spacial score (nSPS) is 21.8. The van der Waals surface area contributed by atoms with E-state index in [4.69, 9.17) is 9.47 Å². The van der Waals surface area contributed by atoms with Crippen LogP contribution in [0.5, 0.6) is 0 Å². The van der Waals surface area contributed by atoms with Crippen molar-refractivity contribution in [3.63, 3.8) is 0 Å². The molecular weight excluding hydrogens is 379 g/mol. The van der Waals surface area contributed by atoms with Crippen molar-refractivity contribution in [2.75, 3.05) is 6.61 Å². The van der Waals surface area contributed by atoms with E-state index in [1.165, 1.54) is 5.57 Å². The topological polar surface area (TPSA) is 18.5 Å². The van der Waals surface area contributed by atoms with Crippen molar-refractivity contribution in [2.24, 2.45) is 5.41 Å². The smallest absolute Gasteiger partial charge is 1.00 e. The maximum absolute atomic E-state index is 6.30. The van der Waals surface area contributed by atoms with Gasteiger partial charge in [0.15, 0.2) is 0 Å². The second-order valence-corrected chi connectivity index (χ2v) is 6.67. The summed E-state index contributed by atoms with van der Waals surface area (Å²) in [5.74, 6) is 0.121. The van der Waals surface area contributed by atoms with Gasteiger partial charge in [-0.15, -0.1) is 6.42 Å². The average molecular weight is 406 g/mol. The summed E-state index contributed by atoms with van der Waals surface area (Å²) in [4.78, 5) is 0. The molecule has 0 aliphatic heterocycles. The van der Waals surface area contributed by atoms with Crippen molar-refractivity contribution in [3.05, 3.63) is 47.8 Å². The van der Waals surface area contributed by atoms with Crippen molar-refractivity contribution in [1.82, 2.24) is 0 Å². The van der Waals surface area contributed by atoms with Crippen LogP contribution in [-0.2, 0) is 31.2 Å². The predicted octanol–water partition coefficient (Wildman–Crippen LogP) is -0.899. The molecule has 0 bridgehead atoms. The van der Waals surface area contributed by atoms with E-state index in [9.17, 15) is 0 Å². The molecule has 24 heavy (non-hydrogen) atoms. The van der Waals surface area contributed by atoms with Crippen LogP contribution < -0.4 is 24.8 Å². The Morgan fingerprint density at radius 2 is 1.92 bits per heavy atom. The number of hydrogen-bond donors (Lipinski definition) is 0. The first-order valence-electron chi connectivity index (χ1n) is 7.96. The molecule has 0 saturated heterocycles. The monoisotopic (exact) mass is 405 g/mol. The molecule has 1 atom stereocenters. The number of allylic oxidation sites excluding steroid dienone is 5. The van der Waals surface area contributed by atoms with Gasteiger partial charge in [-0.2, -0.15) is 12.2 Å². The number of ether oxygens (including phenoxy) is 2. The van der Waals surface area contributed by atoms with Gasteiger partial charge in [0, 0.05) is 12.0 Å². The maximum atomic E-state index is 6.30. The summed E-state index contributed by atoms with van der Waals surface area (Å²) in [7, 11) is 0. The summed E-state index contributed by atoms with van der Waals surface area (Å²) >= 11 is 0. The van der Waals surface area contributed by atoms with Gasteiger partial charge in [-0.05, 0) is 17.6 Å². The fourth-order valence-corrected chi connectivity index (χ4v) is 2.72. The van der Waals surface area contributed by atoms with Crippen molar-refractivity contribution in [1.29, 1.82) is 0 Å². The summed E-state index contributed by atoms with van der Waals surface area (Å²) in [6, 6.07) is 0. The Labute approximate surface area is 174 Å². The fourth-order valence-electron chi connectivity index (χ4n) is 2.72. The number of rotatable bonds is 6. The molecule has 5 heteroatoms. The van der Waals surface area contributed by atoms with Gasteiger partial charge in [0.05, 0.1) is 6.61 Å². The van der Waals surface area contributed by atoms with Crippen LogP contribution in [0.1, 0.15) is 53.4 Å². The molecule has 0 aromatic carbocycles. The predicted molar refractivity (Wildman–Crippen MR) is 86.5 cm³/mol. The first kappa shape index (κ1) is 26.2. The minimum absolute atomic E-state index is 0. The zero-order valence-electron chi connectivity index (χ0n) is 15.0. The van der Waals surface area contributed by atoms with E-state index < -0.39 is 5.79 Å². The Morgan fingerprint density at radius 3 is 2.46 bits per heavy atom. The molecular formula is C19H27Cl2O2Ti. The Hall–Kier alpha value is 0.0143. The zero-order chi connectivity index (χ0) is 15.3. The molecule has 2 aliphatic rings. The fraction of sp³-hybridized carbons (Fsp3) is 0.579. The molecule has 0 aromatic heterocycles. The van der Waals surface area contributed by atoms with E-state index in [1.54, 1.807) is 0 Å². The quantitative estimate of drug-likeness (QED) is 0.247. The van der Waals surface area contributed by atoms with Crippen LogP contribution >= 0.6 is 0 Å². The minimum atomic E-state index is -0.681. The molecule has 0 aromatic rings. The van der Waals surface area contributed by atoms with Crippen LogP contribution in [0.3, 0.4) is 0 Å². The zero-order valence-corrected chi connectivity index (χ0v) is 18.1. The molecule has 0 saturated carbocycles. The third-order valence-electron chi connectivity index (χ3n) is 3.78. The Bertz CT molecular complexity index is 490. The second-order valence-electron chi connectivity index (χ2n) is 6.67. The number of unbranched alkanes of at least 4 members (excludes halogenated alkanes) is 1. The van der Waals surface area contributed by atoms with Gasteiger partial charge in [0.2, 0.25) is 5.79 Å². The Balaban J connectivity index is 0. The van der Waals surface area contributed by atoms with Gasteiger partial charge in [0.1, 0.15) is 0 Å². The van der Waals surface area contributed by atoms with Crippen LogP contribution in [0.15, 0.2) is 41.7 Å². The van der Waals surface area contributed by atoms with Crippen LogP contribution in [0.2, 0.25) is 0 Å². The molecule has 2 nitrogen and oxygen atoms in total. The second kappa shape index (κ2) is 11.6. The molecule has 1 unspecified atom stereocenters.